The van der Waals surface area contributed by atoms with Crippen LogP contribution in [-0.4, -0.2) is 11.9 Å². The molecule has 1 N–H and O–H groups in total. The van der Waals surface area contributed by atoms with Crippen molar-refractivity contribution < 1.29 is 4.79 Å². The van der Waals surface area contributed by atoms with Crippen molar-refractivity contribution in [3.05, 3.63) is 126 Å². The molecule has 0 saturated carbocycles. The van der Waals surface area contributed by atoms with Crippen molar-refractivity contribution in [3.8, 4) is 0 Å². The van der Waals surface area contributed by atoms with E-state index in [1.54, 1.807) is 6.08 Å². The van der Waals surface area contributed by atoms with Gasteiger partial charge in [0, 0.05) is 6.08 Å². The summed E-state index contributed by atoms with van der Waals surface area (Å²) in [5.74, 6) is -0.135. The number of rotatable bonds is 7. The fraction of sp³-hybridized carbons (Fsp3) is 0.0385. The first-order valence-corrected chi connectivity index (χ1v) is 9.30. The summed E-state index contributed by atoms with van der Waals surface area (Å²) in [5, 5.41) is 3.03. The van der Waals surface area contributed by atoms with Crippen molar-refractivity contribution in [1.82, 2.24) is 5.32 Å². The highest BCUT2D eigenvalue weighted by Gasteiger charge is 2.03. The van der Waals surface area contributed by atoms with Crippen molar-refractivity contribution >= 4 is 24.1 Å². The molecule has 0 aromatic heterocycles. The average molecular weight is 365 g/mol. The highest BCUT2D eigenvalue weighted by molar-refractivity contribution is 5.92. The maximum absolute atomic E-state index is 12.4. The van der Waals surface area contributed by atoms with Crippen LogP contribution in [0.4, 0.5) is 0 Å². The summed E-state index contributed by atoms with van der Waals surface area (Å²) in [6.45, 7) is 0. The van der Waals surface area contributed by atoms with Gasteiger partial charge in [-0.2, -0.15) is 0 Å². The zero-order valence-electron chi connectivity index (χ0n) is 15.6. The minimum absolute atomic E-state index is 0.135. The molecule has 3 rings (SSSR count). The molecule has 0 heterocycles. The topological polar surface area (TPSA) is 29.1 Å². The minimum atomic E-state index is -0.215. The predicted molar refractivity (Wildman–Crippen MR) is 118 cm³/mol. The lowest BCUT2D eigenvalue weighted by atomic mass is 10.1. The Balaban J connectivity index is 1.71. The second kappa shape index (κ2) is 10.5. The molecular formula is C26H23NO. The molecule has 28 heavy (non-hydrogen) atoms. The molecule has 0 bridgehead atoms. The Labute approximate surface area is 166 Å². The van der Waals surface area contributed by atoms with Gasteiger partial charge in [-0.25, -0.2) is 0 Å². The molecule has 0 fully saturated rings. The van der Waals surface area contributed by atoms with Crippen LogP contribution < -0.4 is 5.32 Å². The lowest BCUT2D eigenvalue weighted by Crippen LogP contribution is -2.30. The third-order valence-corrected chi connectivity index (χ3v) is 4.13. The van der Waals surface area contributed by atoms with Gasteiger partial charge in [0.1, 0.15) is 0 Å². The smallest absolute Gasteiger partial charge is 0.244 e. The molecule has 0 aliphatic carbocycles. The molecule has 3 aromatic rings. The first-order valence-electron chi connectivity index (χ1n) is 9.30. The second-order valence-corrected chi connectivity index (χ2v) is 6.32. The van der Waals surface area contributed by atoms with E-state index in [0.29, 0.717) is 0 Å². The largest absolute Gasteiger partial charge is 0.343 e. The molecule has 0 aliphatic heterocycles. The SMILES string of the molecule is O=C(/C=C\c1ccccc1)NC(/C=C/c1ccccc1)/C=C/c1ccccc1. The van der Waals surface area contributed by atoms with E-state index in [2.05, 4.69) is 5.32 Å². The average Bonchev–Trinajstić information content (AvgIpc) is 2.76. The van der Waals surface area contributed by atoms with Crippen molar-refractivity contribution in [1.29, 1.82) is 0 Å². The lowest BCUT2D eigenvalue weighted by Gasteiger charge is -2.09. The Kier molecular flexibility index (Phi) is 7.16. The van der Waals surface area contributed by atoms with Crippen LogP contribution in [0.15, 0.2) is 109 Å². The van der Waals surface area contributed by atoms with Crippen molar-refractivity contribution in [2.75, 3.05) is 0 Å². The predicted octanol–water partition coefficient (Wildman–Crippen LogP) is 5.61. The Morgan fingerprint density at radius 2 is 1.00 bits per heavy atom. The van der Waals surface area contributed by atoms with Crippen LogP contribution in [-0.2, 0) is 4.79 Å². The van der Waals surface area contributed by atoms with E-state index in [1.807, 2.05) is 121 Å². The highest BCUT2D eigenvalue weighted by Crippen LogP contribution is 2.07. The van der Waals surface area contributed by atoms with E-state index in [1.165, 1.54) is 0 Å². The van der Waals surface area contributed by atoms with E-state index < -0.39 is 0 Å². The summed E-state index contributed by atoms with van der Waals surface area (Å²) in [4.78, 5) is 12.4. The van der Waals surface area contributed by atoms with Gasteiger partial charge < -0.3 is 5.32 Å². The van der Waals surface area contributed by atoms with E-state index in [-0.39, 0.29) is 11.9 Å². The van der Waals surface area contributed by atoms with Gasteiger partial charge in [0.2, 0.25) is 5.91 Å². The number of hydrogen-bond donors (Lipinski definition) is 1. The standard InChI is InChI=1S/C26H23NO/c28-26(21-18-24-14-8-3-9-15-24)27-25(19-16-22-10-4-1-5-11-22)20-17-23-12-6-2-7-13-23/h1-21,25H,(H,27,28)/b19-16+,20-17+,21-18-. The second-order valence-electron chi connectivity index (χ2n) is 6.32. The molecule has 0 spiro atoms. The van der Waals surface area contributed by atoms with Crippen molar-refractivity contribution in [3.63, 3.8) is 0 Å². The highest BCUT2D eigenvalue weighted by atomic mass is 16.1. The molecule has 0 radical (unpaired) electrons. The normalized spacial score (nSPS) is 11.6. The van der Waals surface area contributed by atoms with E-state index in [0.717, 1.165) is 16.7 Å². The third kappa shape index (κ3) is 6.58. The summed E-state index contributed by atoms with van der Waals surface area (Å²) >= 11 is 0. The molecule has 2 heteroatoms. The van der Waals surface area contributed by atoms with Crippen LogP contribution in [0.3, 0.4) is 0 Å². The number of hydrogen-bond acceptors (Lipinski definition) is 1. The number of amides is 1. The van der Waals surface area contributed by atoms with Gasteiger partial charge in [-0.1, -0.05) is 115 Å². The lowest BCUT2D eigenvalue weighted by molar-refractivity contribution is -0.116. The van der Waals surface area contributed by atoms with E-state index in [4.69, 9.17) is 0 Å². The Bertz CT molecular complexity index is 892. The quantitative estimate of drug-likeness (QED) is 0.542. The van der Waals surface area contributed by atoms with Crippen molar-refractivity contribution in [2.45, 2.75) is 6.04 Å². The van der Waals surface area contributed by atoms with Crippen LogP contribution in [0.5, 0.6) is 0 Å². The number of benzene rings is 3. The molecule has 1 amide bonds. The van der Waals surface area contributed by atoms with Crippen LogP contribution in [0.2, 0.25) is 0 Å². The molecule has 3 aromatic carbocycles. The summed E-state index contributed by atoms with van der Waals surface area (Å²) < 4.78 is 0. The maximum atomic E-state index is 12.4. The monoisotopic (exact) mass is 365 g/mol. The summed E-state index contributed by atoms with van der Waals surface area (Å²) in [6.07, 6.45) is 11.4. The molecule has 0 saturated heterocycles. The van der Waals surface area contributed by atoms with Gasteiger partial charge in [0.05, 0.1) is 6.04 Å². The molecule has 138 valence electrons. The van der Waals surface area contributed by atoms with E-state index in [9.17, 15) is 4.79 Å². The number of nitrogens with one attached hydrogen (secondary N) is 1. The van der Waals surface area contributed by atoms with E-state index >= 15 is 0 Å². The molecule has 0 atom stereocenters. The Morgan fingerprint density at radius 3 is 1.43 bits per heavy atom. The fourth-order valence-corrected chi connectivity index (χ4v) is 2.67. The number of carbonyl (C=O) groups excluding carboxylic acids is 1. The molecular weight excluding hydrogens is 342 g/mol. The maximum Gasteiger partial charge on any atom is 0.244 e. The zero-order chi connectivity index (χ0) is 19.4. The molecule has 0 unspecified atom stereocenters. The van der Waals surface area contributed by atoms with Crippen LogP contribution in [0, 0.1) is 0 Å². The van der Waals surface area contributed by atoms with Gasteiger partial charge in [0.25, 0.3) is 0 Å². The van der Waals surface area contributed by atoms with Gasteiger partial charge in [-0.05, 0) is 22.8 Å². The fourth-order valence-electron chi connectivity index (χ4n) is 2.67. The summed E-state index contributed by atoms with van der Waals surface area (Å²) in [7, 11) is 0. The first-order chi connectivity index (χ1) is 13.8. The Hall–Kier alpha value is -3.65. The minimum Gasteiger partial charge on any atom is -0.343 e. The van der Waals surface area contributed by atoms with Crippen LogP contribution in [0.25, 0.3) is 18.2 Å². The summed E-state index contributed by atoms with van der Waals surface area (Å²) in [5.41, 5.74) is 3.18. The van der Waals surface area contributed by atoms with Crippen LogP contribution in [0.1, 0.15) is 16.7 Å². The van der Waals surface area contributed by atoms with Crippen molar-refractivity contribution in [2.24, 2.45) is 0 Å². The summed E-state index contributed by atoms with van der Waals surface area (Å²) in [6, 6.07) is 29.7. The third-order valence-electron chi connectivity index (χ3n) is 4.13. The zero-order valence-corrected chi connectivity index (χ0v) is 15.6. The van der Waals surface area contributed by atoms with Gasteiger partial charge in [-0.15, -0.1) is 0 Å². The number of carbonyl (C=O) groups is 1. The first kappa shape index (κ1) is 19.1. The van der Waals surface area contributed by atoms with Gasteiger partial charge in [-0.3, -0.25) is 4.79 Å². The van der Waals surface area contributed by atoms with Gasteiger partial charge >= 0.3 is 0 Å². The molecule has 2 nitrogen and oxygen atoms in total. The Morgan fingerprint density at radius 1 is 0.607 bits per heavy atom. The molecule has 0 aliphatic rings. The van der Waals surface area contributed by atoms with Crippen LogP contribution >= 0.6 is 0 Å². The van der Waals surface area contributed by atoms with Gasteiger partial charge in [0.15, 0.2) is 0 Å².